The van der Waals surface area contributed by atoms with Crippen LogP contribution in [0, 0.1) is 5.92 Å². The molecule has 2 fully saturated rings. The van der Waals surface area contributed by atoms with E-state index in [4.69, 9.17) is 4.74 Å². The van der Waals surface area contributed by atoms with E-state index in [9.17, 15) is 22.8 Å². The molecule has 1 aromatic rings. The third-order valence-corrected chi connectivity index (χ3v) is 5.96. The van der Waals surface area contributed by atoms with Gasteiger partial charge in [-0.05, 0) is 49.9 Å². The van der Waals surface area contributed by atoms with Gasteiger partial charge in [0.1, 0.15) is 0 Å². The lowest BCUT2D eigenvalue weighted by atomic mass is 9.94. The first-order chi connectivity index (χ1) is 13.8. The number of methoxy groups -OCH3 is 1. The van der Waals surface area contributed by atoms with Crippen molar-refractivity contribution in [2.24, 2.45) is 5.92 Å². The van der Waals surface area contributed by atoms with Gasteiger partial charge in [0.15, 0.2) is 0 Å². The molecule has 3 rings (SSSR count). The van der Waals surface area contributed by atoms with Crippen molar-refractivity contribution in [2.75, 3.05) is 33.3 Å². The number of benzene rings is 1. The lowest BCUT2D eigenvalue weighted by molar-refractivity contribution is -0.149. The number of hydrogen-bond acceptors (Lipinski definition) is 4. The highest BCUT2D eigenvalue weighted by Gasteiger charge is 2.33. The van der Waals surface area contributed by atoms with E-state index in [1.54, 1.807) is 4.90 Å². The van der Waals surface area contributed by atoms with Crippen LogP contribution in [-0.4, -0.2) is 55.0 Å². The van der Waals surface area contributed by atoms with E-state index in [2.05, 4.69) is 4.90 Å². The third kappa shape index (κ3) is 5.29. The van der Waals surface area contributed by atoms with Crippen LogP contribution in [0.5, 0.6) is 0 Å². The minimum absolute atomic E-state index is 0.00660. The minimum atomic E-state index is -4.35. The molecule has 1 atom stereocenters. The maximum absolute atomic E-state index is 12.8. The maximum Gasteiger partial charge on any atom is 0.416 e. The van der Waals surface area contributed by atoms with Crippen molar-refractivity contribution in [3.63, 3.8) is 0 Å². The lowest BCUT2D eigenvalue weighted by Gasteiger charge is -2.38. The fourth-order valence-corrected chi connectivity index (χ4v) is 4.26. The zero-order chi connectivity index (χ0) is 21.0. The highest BCUT2D eigenvalue weighted by molar-refractivity contribution is 5.79. The van der Waals surface area contributed by atoms with E-state index >= 15 is 0 Å². The summed E-state index contributed by atoms with van der Waals surface area (Å²) >= 11 is 0. The molecule has 8 heteroatoms. The number of piperidine rings is 2. The quantitative estimate of drug-likeness (QED) is 0.709. The standard InChI is InChI=1S/C21H27F3N2O3/c1-29-20(28)16-9-12-25(13-10-16)19(27)14-26-11-3-2-4-18(26)15-5-7-17(8-6-15)21(22,23)24/h5-8,16,18H,2-4,9-14H2,1H3. The number of carbonyl (C=O) groups excluding carboxylic acids is 2. The number of rotatable bonds is 4. The number of halogens is 3. The Bertz CT molecular complexity index is 713. The second-order valence-corrected chi connectivity index (χ2v) is 7.78. The normalized spacial score (nSPS) is 21.8. The van der Waals surface area contributed by atoms with Crippen LogP contribution in [0.4, 0.5) is 13.2 Å². The fraction of sp³-hybridized carbons (Fsp3) is 0.619. The first-order valence-corrected chi connectivity index (χ1v) is 10.1. The summed E-state index contributed by atoms with van der Waals surface area (Å²) in [6.45, 7) is 2.04. The van der Waals surface area contributed by atoms with Gasteiger partial charge in [-0.1, -0.05) is 18.6 Å². The molecule has 0 spiro atoms. The molecule has 1 amide bonds. The highest BCUT2D eigenvalue weighted by Crippen LogP contribution is 2.34. The van der Waals surface area contributed by atoms with Gasteiger partial charge in [0.2, 0.25) is 5.91 Å². The van der Waals surface area contributed by atoms with Gasteiger partial charge >= 0.3 is 12.1 Å². The van der Waals surface area contributed by atoms with E-state index in [-0.39, 0.29) is 30.4 Å². The predicted molar refractivity (Wildman–Crippen MR) is 101 cm³/mol. The molecule has 29 heavy (non-hydrogen) atoms. The van der Waals surface area contributed by atoms with Crippen molar-refractivity contribution in [1.29, 1.82) is 0 Å². The van der Waals surface area contributed by atoms with Crippen molar-refractivity contribution < 1.29 is 27.5 Å². The number of nitrogens with zero attached hydrogens (tertiary/aromatic N) is 2. The van der Waals surface area contributed by atoms with Crippen LogP contribution in [0.1, 0.15) is 49.3 Å². The number of likely N-dealkylation sites (tertiary alicyclic amines) is 2. The van der Waals surface area contributed by atoms with Crippen molar-refractivity contribution in [2.45, 2.75) is 44.3 Å². The number of ether oxygens (including phenoxy) is 1. The Labute approximate surface area is 168 Å². The van der Waals surface area contributed by atoms with Crippen molar-refractivity contribution in [3.05, 3.63) is 35.4 Å². The van der Waals surface area contributed by atoms with E-state index in [1.165, 1.54) is 19.2 Å². The summed E-state index contributed by atoms with van der Waals surface area (Å²) in [5, 5.41) is 0. The molecule has 0 aromatic heterocycles. The van der Waals surface area contributed by atoms with Gasteiger partial charge in [-0.3, -0.25) is 14.5 Å². The molecule has 2 saturated heterocycles. The molecule has 0 N–H and O–H groups in total. The van der Waals surface area contributed by atoms with E-state index in [0.29, 0.717) is 25.9 Å². The Balaban J connectivity index is 1.61. The van der Waals surface area contributed by atoms with Gasteiger partial charge in [-0.25, -0.2) is 0 Å². The first-order valence-electron chi connectivity index (χ1n) is 10.1. The summed E-state index contributed by atoms with van der Waals surface area (Å²) in [4.78, 5) is 28.3. The van der Waals surface area contributed by atoms with Gasteiger partial charge in [0.05, 0.1) is 25.1 Å². The SMILES string of the molecule is COC(=O)C1CCN(C(=O)CN2CCCCC2c2ccc(C(F)(F)F)cc2)CC1. The Morgan fingerprint density at radius 3 is 2.28 bits per heavy atom. The van der Waals surface area contributed by atoms with Gasteiger partial charge < -0.3 is 9.64 Å². The summed E-state index contributed by atoms with van der Waals surface area (Å²) < 4.78 is 43.3. The number of hydrogen-bond donors (Lipinski definition) is 0. The molecule has 2 aliphatic heterocycles. The molecule has 0 saturated carbocycles. The fourth-order valence-electron chi connectivity index (χ4n) is 4.26. The number of amides is 1. The molecule has 2 aliphatic rings. The molecular weight excluding hydrogens is 385 g/mol. The van der Waals surface area contributed by atoms with Gasteiger partial charge in [0, 0.05) is 19.1 Å². The Morgan fingerprint density at radius 1 is 1.03 bits per heavy atom. The molecular formula is C21H27F3N2O3. The van der Waals surface area contributed by atoms with E-state index in [1.807, 2.05) is 0 Å². The van der Waals surface area contributed by atoms with E-state index < -0.39 is 11.7 Å². The Kier molecular flexibility index (Phi) is 6.82. The zero-order valence-electron chi connectivity index (χ0n) is 16.6. The molecule has 2 heterocycles. The molecule has 160 valence electrons. The molecule has 0 aliphatic carbocycles. The maximum atomic E-state index is 12.8. The first kappa shape index (κ1) is 21.6. The van der Waals surface area contributed by atoms with Crippen LogP contribution >= 0.6 is 0 Å². The van der Waals surface area contributed by atoms with E-state index in [0.717, 1.165) is 43.5 Å². The zero-order valence-corrected chi connectivity index (χ0v) is 16.6. The monoisotopic (exact) mass is 412 g/mol. The molecule has 0 radical (unpaired) electrons. The second-order valence-electron chi connectivity index (χ2n) is 7.78. The highest BCUT2D eigenvalue weighted by atomic mass is 19.4. The average molecular weight is 412 g/mol. The number of esters is 1. The average Bonchev–Trinajstić information content (AvgIpc) is 2.73. The molecule has 1 unspecified atom stereocenters. The predicted octanol–water partition coefficient (Wildman–Crippen LogP) is 3.64. The number of carbonyl (C=O) groups is 2. The summed E-state index contributed by atoms with van der Waals surface area (Å²) in [6, 6.07) is 5.22. The largest absolute Gasteiger partial charge is 0.469 e. The van der Waals surface area contributed by atoms with Crippen molar-refractivity contribution in [1.82, 2.24) is 9.80 Å². The summed E-state index contributed by atoms with van der Waals surface area (Å²) in [5.41, 5.74) is 0.156. The van der Waals surface area contributed by atoms with Gasteiger partial charge in [0.25, 0.3) is 0 Å². The summed E-state index contributed by atoms with van der Waals surface area (Å²) in [5.74, 6) is -0.374. The van der Waals surface area contributed by atoms with Crippen molar-refractivity contribution >= 4 is 11.9 Å². The van der Waals surface area contributed by atoms with Crippen LogP contribution in [0.3, 0.4) is 0 Å². The third-order valence-electron chi connectivity index (χ3n) is 5.96. The van der Waals surface area contributed by atoms with Crippen LogP contribution in [0.15, 0.2) is 24.3 Å². The summed E-state index contributed by atoms with van der Waals surface area (Å²) in [7, 11) is 1.37. The molecule has 0 bridgehead atoms. The Hall–Kier alpha value is -2.09. The number of alkyl halides is 3. The second kappa shape index (κ2) is 9.15. The van der Waals surface area contributed by atoms with Gasteiger partial charge in [-0.2, -0.15) is 13.2 Å². The van der Waals surface area contributed by atoms with Crippen LogP contribution in [0.25, 0.3) is 0 Å². The Morgan fingerprint density at radius 2 is 1.69 bits per heavy atom. The summed E-state index contributed by atoms with van der Waals surface area (Å²) in [6.07, 6.45) is -0.378. The molecule has 1 aromatic carbocycles. The smallest absolute Gasteiger partial charge is 0.416 e. The van der Waals surface area contributed by atoms with Crippen LogP contribution in [0.2, 0.25) is 0 Å². The van der Waals surface area contributed by atoms with Crippen LogP contribution < -0.4 is 0 Å². The lowest BCUT2D eigenvalue weighted by Crippen LogP contribution is -2.47. The van der Waals surface area contributed by atoms with Gasteiger partial charge in [-0.15, -0.1) is 0 Å². The van der Waals surface area contributed by atoms with Crippen molar-refractivity contribution in [3.8, 4) is 0 Å². The molecule has 5 nitrogen and oxygen atoms in total. The minimum Gasteiger partial charge on any atom is -0.469 e. The van der Waals surface area contributed by atoms with Crippen LogP contribution in [-0.2, 0) is 20.5 Å². The topological polar surface area (TPSA) is 49.9 Å².